The van der Waals surface area contributed by atoms with Gasteiger partial charge in [-0.3, -0.25) is 0 Å². The summed E-state index contributed by atoms with van der Waals surface area (Å²) in [5.74, 6) is 2.96. The van der Waals surface area contributed by atoms with E-state index in [4.69, 9.17) is 14.7 Å². The van der Waals surface area contributed by atoms with Crippen LogP contribution in [0.5, 0.6) is 11.5 Å². The number of rotatable bonds is 5. The molecule has 1 aliphatic heterocycles. The van der Waals surface area contributed by atoms with E-state index in [-0.39, 0.29) is 5.82 Å². The Hall–Kier alpha value is -4.45. The van der Waals surface area contributed by atoms with Crippen LogP contribution in [0.1, 0.15) is 0 Å². The number of halogens is 1. The van der Waals surface area contributed by atoms with Crippen molar-refractivity contribution < 1.29 is 9.13 Å². The Morgan fingerprint density at radius 2 is 1.25 bits per heavy atom. The third-order valence-electron chi connectivity index (χ3n) is 6.45. The van der Waals surface area contributed by atoms with Crippen molar-refractivity contribution in [1.82, 2.24) is 9.97 Å². The molecule has 2 heterocycles. The van der Waals surface area contributed by atoms with E-state index in [9.17, 15) is 4.39 Å². The van der Waals surface area contributed by atoms with Gasteiger partial charge in [-0.1, -0.05) is 42.5 Å². The van der Waals surface area contributed by atoms with Crippen molar-refractivity contribution in [3.8, 4) is 22.9 Å². The van der Waals surface area contributed by atoms with Crippen molar-refractivity contribution in [1.29, 1.82) is 0 Å². The van der Waals surface area contributed by atoms with Crippen LogP contribution >= 0.6 is 0 Å². The predicted molar refractivity (Wildman–Crippen MR) is 142 cm³/mol. The van der Waals surface area contributed by atoms with Gasteiger partial charge in [0.05, 0.1) is 11.2 Å². The van der Waals surface area contributed by atoms with Gasteiger partial charge in [0.2, 0.25) is 0 Å². The first-order chi connectivity index (χ1) is 17.7. The Bertz CT molecular complexity index is 1480. The largest absolute Gasteiger partial charge is 0.457 e. The number of benzene rings is 4. The molecule has 4 aromatic carbocycles. The maximum atomic E-state index is 14.3. The monoisotopic (exact) mass is 476 g/mol. The number of ether oxygens (including phenoxy) is 1. The number of piperazine rings is 1. The highest BCUT2D eigenvalue weighted by molar-refractivity contribution is 5.91. The topological polar surface area (TPSA) is 41.5 Å². The molecule has 178 valence electrons. The van der Waals surface area contributed by atoms with Crippen LogP contribution in [-0.2, 0) is 0 Å². The number of anilines is 2. The third-order valence-corrected chi connectivity index (χ3v) is 6.45. The molecule has 5 nitrogen and oxygen atoms in total. The first-order valence-electron chi connectivity index (χ1n) is 12.1. The summed E-state index contributed by atoms with van der Waals surface area (Å²) in [6, 6.07) is 32.6. The highest BCUT2D eigenvalue weighted by Gasteiger charge is 2.22. The molecule has 0 saturated carbocycles. The van der Waals surface area contributed by atoms with E-state index in [1.54, 1.807) is 6.07 Å². The lowest BCUT2D eigenvalue weighted by molar-refractivity contribution is 0.483. The second-order valence-electron chi connectivity index (χ2n) is 8.75. The fourth-order valence-corrected chi connectivity index (χ4v) is 4.59. The minimum atomic E-state index is -0.180. The molecule has 0 atom stereocenters. The molecule has 6 heteroatoms. The molecule has 0 N–H and O–H groups in total. The van der Waals surface area contributed by atoms with Crippen molar-refractivity contribution in [2.24, 2.45) is 0 Å². The molecule has 36 heavy (non-hydrogen) atoms. The molecule has 1 fully saturated rings. The minimum Gasteiger partial charge on any atom is -0.457 e. The van der Waals surface area contributed by atoms with Crippen LogP contribution in [0.4, 0.5) is 15.9 Å². The first kappa shape index (κ1) is 22.0. The van der Waals surface area contributed by atoms with Crippen LogP contribution in [0, 0.1) is 5.82 Å². The Balaban J connectivity index is 1.27. The van der Waals surface area contributed by atoms with Gasteiger partial charge in [-0.15, -0.1) is 0 Å². The summed E-state index contributed by atoms with van der Waals surface area (Å²) in [7, 11) is 0. The van der Waals surface area contributed by atoms with Gasteiger partial charge in [-0.25, -0.2) is 14.4 Å². The SMILES string of the molecule is Fc1ccccc1N1CCN(c2nc(-c3ccc(Oc4ccccc4)cc3)nc3ccccc23)CC1. The van der Waals surface area contributed by atoms with Crippen LogP contribution < -0.4 is 14.5 Å². The Labute approximate surface area is 209 Å². The van der Waals surface area contributed by atoms with Gasteiger partial charge in [0.1, 0.15) is 23.1 Å². The van der Waals surface area contributed by atoms with E-state index in [2.05, 4.69) is 15.9 Å². The highest BCUT2D eigenvalue weighted by Crippen LogP contribution is 2.31. The smallest absolute Gasteiger partial charge is 0.162 e. The molecular weight excluding hydrogens is 451 g/mol. The normalized spacial score (nSPS) is 13.7. The van der Waals surface area contributed by atoms with Crippen molar-refractivity contribution in [2.75, 3.05) is 36.0 Å². The summed E-state index contributed by atoms with van der Waals surface area (Å²) in [6.45, 7) is 2.94. The van der Waals surface area contributed by atoms with Crippen LogP contribution in [0.25, 0.3) is 22.3 Å². The van der Waals surface area contributed by atoms with Crippen LogP contribution in [0.3, 0.4) is 0 Å². The maximum Gasteiger partial charge on any atom is 0.162 e. The zero-order valence-corrected chi connectivity index (χ0v) is 19.7. The number of hydrogen-bond acceptors (Lipinski definition) is 5. The molecule has 0 spiro atoms. The second-order valence-corrected chi connectivity index (χ2v) is 8.75. The lowest BCUT2D eigenvalue weighted by Crippen LogP contribution is -2.47. The Kier molecular flexibility index (Phi) is 5.91. The van der Waals surface area contributed by atoms with E-state index in [1.165, 1.54) is 6.07 Å². The van der Waals surface area contributed by atoms with E-state index in [1.807, 2.05) is 84.9 Å². The van der Waals surface area contributed by atoms with Gasteiger partial charge in [-0.05, 0) is 60.7 Å². The van der Waals surface area contributed by atoms with E-state index in [0.717, 1.165) is 60.0 Å². The number of nitrogens with zero attached hydrogens (tertiary/aromatic N) is 4. The zero-order chi connectivity index (χ0) is 24.3. The molecule has 1 aliphatic rings. The molecule has 6 rings (SSSR count). The lowest BCUT2D eigenvalue weighted by atomic mass is 10.1. The van der Waals surface area contributed by atoms with Crippen LogP contribution in [0.2, 0.25) is 0 Å². The summed E-state index contributed by atoms with van der Waals surface area (Å²) in [5, 5.41) is 1.02. The quantitative estimate of drug-likeness (QED) is 0.288. The predicted octanol–water partition coefficient (Wildman–Crippen LogP) is 6.55. The van der Waals surface area contributed by atoms with Crippen molar-refractivity contribution in [2.45, 2.75) is 0 Å². The summed E-state index contributed by atoms with van der Waals surface area (Å²) in [5.41, 5.74) is 2.48. The minimum absolute atomic E-state index is 0.180. The fourth-order valence-electron chi connectivity index (χ4n) is 4.59. The van der Waals surface area contributed by atoms with Gasteiger partial charge in [0.15, 0.2) is 5.82 Å². The molecule has 0 amide bonds. The van der Waals surface area contributed by atoms with Crippen molar-refractivity contribution >= 4 is 22.4 Å². The average Bonchev–Trinajstić information content (AvgIpc) is 2.94. The maximum absolute atomic E-state index is 14.3. The zero-order valence-electron chi connectivity index (χ0n) is 19.7. The van der Waals surface area contributed by atoms with E-state index >= 15 is 0 Å². The van der Waals surface area contributed by atoms with Gasteiger partial charge >= 0.3 is 0 Å². The molecular formula is C30H25FN4O. The summed E-state index contributed by atoms with van der Waals surface area (Å²) in [4.78, 5) is 14.2. The van der Waals surface area contributed by atoms with Crippen LogP contribution in [0.15, 0.2) is 103 Å². The molecule has 1 saturated heterocycles. The number of fused-ring (bicyclic) bond motifs is 1. The number of para-hydroxylation sites is 3. The van der Waals surface area contributed by atoms with Gasteiger partial charge in [-0.2, -0.15) is 0 Å². The Morgan fingerprint density at radius 3 is 2.03 bits per heavy atom. The van der Waals surface area contributed by atoms with E-state index in [0.29, 0.717) is 11.5 Å². The third kappa shape index (κ3) is 4.45. The van der Waals surface area contributed by atoms with E-state index < -0.39 is 0 Å². The molecule has 1 aromatic heterocycles. The number of aromatic nitrogens is 2. The fraction of sp³-hybridized carbons (Fsp3) is 0.133. The Morgan fingerprint density at radius 1 is 0.611 bits per heavy atom. The van der Waals surface area contributed by atoms with Gasteiger partial charge in [0, 0.05) is 37.1 Å². The highest BCUT2D eigenvalue weighted by atomic mass is 19.1. The average molecular weight is 477 g/mol. The molecule has 0 radical (unpaired) electrons. The van der Waals surface area contributed by atoms with Crippen LogP contribution in [-0.4, -0.2) is 36.1 Å². The summed E-state index contributed by atoms with van der Waals surface area (Å²) < 4.78 is 20.2. The molecule has 0 bridgehead atoms. The molecule has 0 aliphatic carbocycles. The van der Waals surface area contributed by atoms with Gasteiger partial charge < -0.3 is 14.5 Å². The molecule has 5 aromatic rings. The van der Waals surface area contributed by atoms with Crippen molar-refractivity contribution in [3.63, 3.8) is 0 Å². The standard InChI is InChI=1S/C30H25FN4O/c31-26-11-5-7-13-28(26)34-18-20-35(21-19-34)30-25-10-4-6-12-27(25)32-29(33-30)22-14-16-24(17-15-22)36-23-8-2-1-3-9-23/h1-17H,18-21H2. The van der Waals surface area contributed by atoms with Gasteiger partial charge in [0.25, 0.3) is 0 Å². The number of hydrogen-bond donors (Lipinski definition) is 0. The van der Waals surface area contributed by atoms with Crippen molar-refractivity contribution in [3.05, 3.63) is 109 Å². The second kappa shape index (κ2) is 9.66. The summed E-state index contributed by atoms with van der Waals surface area (Å²) >= 11 is 0. The molecule has 0 unspecified atom stereocenters. The lowest BCUT2D eigenvalue weighted by Gasteiger charge is -2.37. The summed E-state index contributed by atoms with van der Waals surface area (Å²) in [6.07, 6.45) is 0. The first-order valence-corrected chi connectivity index (χ1v) is 12.1.